The first-order chi connectivity index (χ1) is 6.65. The number of hydrogen-bond acceptors (Lipinski definition) is 2. The largest absolute Gasteiger partial charge is 0.410 e. The summed E-state index contributed by atoms with van der Waals surface area (Å²) in [4.78, 5) is 13.6. The number of esters is 1. The van der Waals surface area contributed by atoms with Gasteiger partial charge in [0.2, 0.25) is 5.88 Å². The van der Waals surface area contributed by atoms with Crippen LogP contribution in [-0.4, -0.2) is 11.0 Å². The number of aromatic amines is 1. The Labute approximate surface area is 85.6 Å². The standard InChI is InChI=1S/C10H8ClNO2/c1-6(13)14-10-4-7-2-3-8(11)5-9(7)12-10/h2-5,12H,1H3. The van der Waals surface area contributed by atoms with Crippen LogP contribution >= 0.6 is 11.6 Å². The van der Waals surface area contributed by atoms with E-state index in [9.17, 15) is 4.79 Å². The average Bonchev–Trinajstić information content (AvgIpc) is 2.44. The first kappa shape index (κ1) is 9.09. The number of hydrogen-bond donors (Lipinski definition) is 1. The van der Waals surface area contributed by atoms with E-state index in [0.29, 0.717) is 10.9 Å². The fourth-order valence-electron chi connectivity index (χ4n) is 1.28. The van der Waals surface area contributed by atoms with Crippen LogP contribution in [0.4, 0.5) is 0 Å². The van der Waals surface area contributed by atoms with Crippen molar-refractivity contribution in [3.05, 3.63) is 29.3 Å². The van der Waals surface area contributed by atoms with Crippen molar-refractivity contribution in [3.8, 4) is 5.88 Å². The minimum absolute atomic E-state index is 0.345. The molecule has 4 heteroatoms. The van der Waals surface area contributed by atoms with Crippen LogP contribution in [0.25, 0.3) is 10.9 Å². The summed E-state index contributed by atoms with van der Waals surface area (Å²) in [6, 6.07) is 7.19. The third-order valence-corrected chi connectivity index (χ3v) is 2.05. The van der Waals surface area contributed by atoms with Crippen molar-refractivity contribution in [2.24, 2.45) is 0 Å². The van der Waals surface area contributed by atoms with Crippen LogP contribution in [-0.2, 0) is 4.79 Å². The van der Waals surface area contributed by atoms with E-state index in [1.165, 1.54) is 6.92 Å². The highest BCUT2D eigenvalue weighted by molar-refractivity contribution is 6.31. The van der Waals surface area contributed by atoms with Gasteiger partial charge in [-0.2, -0.15) is 0 Å². The predicted octanol–water partition coefficient (Wildman–Crippen LogP) is 2.75. The fraction of sp³-hybridized carbons (Fsp3) is 0.100. The molecule has 0 saturated heterocycles. The van der Waals surface area contributed by atoms with Crippen molar-refractivity contribution in [2.45, 2.75) is 6.92 Å². The highest BCUT2D eigenvalue weighted by Crippen LogP contribution is 2.23. The first-order valence-electron chi connectivity index (χ1n) is 4.12. The van der Waals surface area contributed by atoms with Gasteiger partial charge in [0, 0.05) is 28.9 Å². The summed E-state index contributed by atoms with van der Waals surface area (Å²) in [5.41, 5.74) is 0.855. The van der Waals surface area contributed by atoms with E-state index >= 15 is 0 Å². The van der Waals surface area contributed by atoms with Crippen LogP contribution in [0.15, 0.2) is 24.3 Å². The number of halogens is 1. The summed E-state index contributed by atoms with van der Waals surface area (Å²) < 4.78 is 4.90. The molecule has 0 fully saturated rings. The second-order valence-corrected chi connectivity index (χ2v) is 3.40. The normalized spacial score (nSPS) is 10.4. The second kappa shape index (κ2) is 3.35. The Kier molecular flexibility index (Phi) is 2.17. The minimum atomic E-state index is -0.345. The molecule has 2 rings (SSSR count). The predicted molar refractivity (Wildman–Crippen MR) is 54.6 cm³/mol. The molecule has 0 unspecified atom stereocenters. The maximum absolute atomic E-state index is 10.7. The molecule has 0 aliphatic carbocycles. The molecular formula is C10H8ClNO2. The van der Waals surface area contributed by atoms with Crippen molar-refractivity contribution in [1.82, 2.24) is 4.98 Å². The van der Waals surface area contributed by atoms with Gasteiger partial charge in [0.15, 0.2) is 0 Å². The molecule has 0 spiro atoms. The van der Waals surface area contributed by atoms with Crippen LogP contribution in [0.3, 0.4) is 0 Å². The van der Waals surface area contributed by atoms with Gasteiger partial charge in [-0.3, -0.25) is 4.79 Å². The van der Waals surface area contributed by atoms with E-state index in [1.807, 2.05) is 6.07 Å². The summed E-state index contributed by atoms with van der Waals surface area (Å²) in [5.74, 6) is 0.0948. The Morgan fingerprint density at radius 2 is 2.21 bits per heavy atom. The van der Waals surface area contributed by atoms with Crippen molar-refractivity contribution >= 4 is 28.5 Å². The number of aromatic nitrogens is 1. The zero-order chi connectivity index (χ0) is 10.1. The monoisotopic (exact) mass is 209 g/mol. The molecule has 0 amide bonds. The fourth-order valence-corrected chi connectivity index (χ4v) is 1.45. The van der Waals surface area contributed by atoms with E-state index < -0.39 is 0 Å². The number of ether oxygens (including phenoxy) is 1. The number of carbonyl (C=O) groups is 1. The maximum Gasteiger partial charge on any atom is 0.309 e. The molecule has 0 radical (unpaired) electrons. The molecule has 0 bridgehead atoms. The molecule has 14 heavy (non-hydrogen) atoms. The maximum atomic E-state index is 10.7. The Bertz CT molecular complexity index is 490. The molecule has 2 aromatic rings. The highest BCUT2D eigenvalue weighted by Gasteiger charge is 2.03. The Balaban J connectivity index is 2.46. The molecule has 1 heterocycles. The number of carbonyl (C=O) groups excluding carboxylic acids is 1. The van der Waals surface area contributed by atoms with Gasteiger partial charge in [-0.05, 0) is 12.1 Å². The van der Waals surface area contributed by atoms with Crippen LogP contribution in [0.5, 0.6) is 5.88 Å². The molecule has 1 N–H and O–H groups in total. The molecule has 0 saturated carbocycles. The van der Waals surface area contributed by atoms with Crippen molar-refractivity contribution < 1.29 is 9.53 Å². The quantitative estimate of drug-likeness (QED) is 0.734. The van der Waals surface area contributed by atoms with Crippen molar-refractivity contribution in [1.29, 1.82) is 0 Å². The van der Waals surface area contributed by atoms with Gasteiger partial charge in [0.1, 0.15) is 0 Å². The van der Waals surface area contributed by atoms with Crippen LogP contribution in [0.1, 0.15) is 6.92 Å². The van der Waals surface area contributed by atoms with Crippen LogP contribution in [0.2, 0.25) is 5.02 Å². The van der Waals surface area contributed by atoms with E-state index in [2.05, 4.69) is 4.98 Å². The zero-order valence-corrected chi connectivity index (χ0v) is 8.26. The summed E-state index contributed by atoms with van der Waals surface area (Å²) in [5, 5.41) is 1.61. The van der Waals surface area contributed by atoms with Crippen molar-refractivity contribution in [3.63, 3.8) is 0 Å². The van der Waals surface area contributed by atoms with Gasteiger partial charge in [-0.15, -0.1) is 0 Å². The van der Waals surface area contributed by atoms with Crippen LogP contribution in [0, 0.1) is 0 Å². The van der Waals surface area contributed by atoms with E-state index in [-0.39, 0.29) is 5.97 Å². The van der Waals surface area contributed by atoms with E-state index in [0.717, 1.165) is 10.9 Å². The van der Waals surface area contributed by atoms with Gasteiger partial charge in [0.25, 0.3) is 0 Å². The summed E-state index contributed by atoms with van der Waals surface area (Å²) >= 11 is 5.81. The summed E-state index contributed by atoms with van der Waals surface area (Å²) in [6.45, 7) is 1.36. The lowest BCUT2D eigenvalue weighted by Crippen LogP contribution is -2.00. The molecule has 0 atom stereocenters. The SMILES string of the molecule is CC(=O)Oc1cc2ccc(Cl)cc2[nH]1. The number of rotatable bonds is 1. The van der Waals surface area contributed by atoms with Crippen LogP contribution < -0.4 is 4.74 Å². The number of benzene rings is 1. The van der Waals surface area contributed by atoms with Gasteiger partial charge in [0.05, 0.1) is 0 Å². The topological polar surface area (TPSA) is 42.1 Å². The van der Waals surface area contributed by atoms with Gasteiger partial charge >= 0.3 is 5.97 Å². The van der Waals surface area contributed by atoms with Gasteiger partial charge < -0.3 is 9.72 Å². The first-order valence-corrected chi connectivity index (χ1v) is 4.49. The highest BCUT2D eigenvalue weighted by atomic mass is 35.5. The lowest BCUT2D eigenvalue weighted by molar-refractivity contribution is -0.132. The number of fused-ring (bicyclic) bond motifs is 1. The van der Waals surface area contributed by atoms with Gasteiger partial charge in [-0.1, -0.05) is 17.7 Å². The van der Waals surface area contributed by atoms with Gasteiger partial charge in [-0.25, -0.2) is 0 Å². The molecule has 72 valence electrons. The second-order valence-electron chi connectivity index (χ2n) is 2.96. The molecule has 0 aliphatic rings. The average molecular weight is 210 g/mol. The number of H-pyrrole nitrogens is 1. The summed E-state index contributed by atoms with van der Waals surface area (Å²) in [6.07, 6.45) is 0. The Hall–Kier alpha value is -1.48. The smallest absolute Gasteiger partial charge is 0.309 e. The lowest BCUT2D eigenvalue weighted by Gasteiger charge is -1.93. The van der Waals surface area contributed by atoms with E-state index in [1.54, 1.807) is 18.2 Å². The molecule has 3 nitrogen and oxygen atoms in total. The third kappa shape index (κ3) is 1.72. The molecule has 0 aliphatic heterocycles. The van der Waals surface area contributed by atoms with Crippen molar-refractivity contribution in [2.75, 3.05) is 0 Å². The molecule has 1 aromatic heterocycles. The number of nitrogens with one attached hydrogen (secondary N) is 1. The molecular weight excluding hydrogens is 202 g/mol. The summed E-state index contributed by atoms with van der Waals surface area (Å²) in [7, 11) is 0. The third-order valence-electron chi connectivity index (χ3n) is 1.81. The molecule has 1 aromatic carbocycles. The minimum Gasteiger partial charge on any atom is -0.410 e. The Morgan fingerprint density at radius 3 is 2.93 bits per heavy atom. The Morgan fingerprint density at radius 1 is 1.43 bits per heavy atom. The van der Waals surface area contributed by atoms with E-state index in [4.69, 9.17) is 16.3 Å². The zero-order valence-electron chi connectivity index (χ0n) is 7.50. The lowest BCUT2D eigenvalue weighted by atomic mass is 10.2.